The molecule has 2 atom stereocenters. The fourth-order valence-electron chi connectivity index (χ4n) is 3.31. The van der Waals surface area contributed by atoms with Crippen LogP contribution in [0.2, 0.25) is 0 Å². The lowest BCUT2D eigenvalue weighted by Crippen LogP contribution is -2.29. The summed E-state index contributed by atoms with van der Waals surface area (Å²) in [5.41, 5.74) is 4.03. The fourth-order valence-corrected chi connectivity index (χ4v) is 3.31. The molecular weight excluding hydrogens is 384 g/mol. The maximum atomic E-state index is 11.4. The third kappa shape index (κ3) is 7.35. The highest BCUT2D eigenvalue weighted by atomic mass is 16.5. The van der Waals surface area contributed by atoms with Crippen LogP contribution in [0.1, 0.15) is 36.1 Å². The molecule has 0 aliphatic carbocycles. The molecule has 164 valence electrons. The second kappa shape index (κ2) is 11.0. The van der Waals surface area contributed by atoms with E-state index in [2.05, 4.69) is 0 Å². The van der Waals surface area contributed by atoms with E-state index < -0.39 is 18.2 Å². The number of hydrogen-bond acceptors (Lipinski definition) is 5. The zero-order valence-electron chi connectivity index (χ0n) is 18.3. The van der Waals surface area contributed by atoms with Gasteiger partial charge in [-0.25, -0.2) is 4.79 Å². The number of carboxylic acid groups (broad SMARTS) is 1. The van der Waals surface area contributed by atoms with Crippen molar-refractivity contribution in [3.05, 3.63) is 58.7 Å². The van der Waals surface area contributed by atoms with Crippen LogP contribution in [0.5, 0.6) is 11.5 Å². The molecule has 30 heavy (non-hydrogen) atoms. The molecule has 0 aliphatic heterocycles. The SMILES string of the molecule is Cc1cc(C)c(OC[C@@H](O)COc2cccc(C[C@H](OC(C)C)C(=O)O)c2)c(C)c1. The van der Waals surface area contributed by atoms with Gasteiger partial charge in [0.15, 0.2) is 6.10 Å². The number of aliphatic hydroxyl groups excluding tert-OH is 1. The van der Waals surface area contributed by atoms with E-state index in [1.165, 1.54) is 5.56 Å². The molecule has 0 spiro atoms. The van der Waals surface area contributed by atoms with Crippen molar-refractivity contribution >= 4 is 5.97 Å². The summed E-state index contributed by atoms with van der Waals surface area (Å²) in [5.74, 6) is 0.346. The number of aliphatic carboxylic acids is 1. The third-order valence-electron chi connectivity index (χ3n) is 4.50. The van der Waals surface area contributed by atoms with Gasteiger partial charge >= 0.3 is 5.97 Å². The van der Waals surface area contributed by atoms with Gasteiger partial charge in [0.1, 0.15) is 30.8 Å². The molecule has 2 rings (SSSR count). The van der Waals surface area contributed by atoms with Gasteiger partial charge in [0.05, 0.1) is 6.10 Å². The molecule has 0 saturated heterocycles. The quantitative estimate of drug-likeness (QED) is 0.579. The first kappa shape index (κ1) is 23.7. The summed E-state index contributed by atoms with van der Waals surface area (Å²) in [6.07, 6.45) is -1.66. The van der Waals surface area contributed by atoms with Gasteiger partial charge in [-0.1, -0.05) is 29.8 Å². The lowest BCUT2D eigenvalue weighted by Gasteiger charge is -2.18. The second-order valence-electron chi connectivity index (χ2n) is 7.87. The minimum absolute atomic E-state index is 0.0677. The van der Waals surface area contributed by atoms with E-state index in [-0.39, 0.29) is 25.7 Å². The Morgan fingerprint density at radius 1 is 1.00 bits per heavy atom. The largest absolute Gasteiger partial charge is 0.491 e. The molecule has 2 aromatic rings. The van der Waals surface area contributed by atoms with Gasteiger partial charge in [0.25, 0.3) is 0 Å². The summed E-state index contributed by atoms with van der Waals surface area (Å²) in [5, 5.41) is 19.6. The summed E-state index contributed by atoms with van der Waals surface area (Å²) in [6, 6.07) is 11.2. The van der Waals surface area contributed by atoms with Crippen molar-refractivity contribution in [2.75, 3.05) is 13.2 Å². The van der Waals surface area contributed by atoms with E-state index in [1.54, 1.807) is 32.0 Å². The highest BCUT2D eigenvalue weighted by molar-refractivity contribution is 5.72. The Morgan fingerprint density at radius 2 is 1.63 bits per heavy atom. The lowest BCUT2D eigenvalue weighted by molar-refractivity contribution is -0.153. The van der Waals surface area contributed by atoms with Gasteiger partial charge in [-0.3, -0.25) is 0 Å². The smallest absolute Gasteiger partial charge is 0.333 e. The number of ether oxygens (including phenoxy) is 3. The first-order valence-electron chi connectivity index (χ1n) is 10.1. The summed E-state index contributed by atoms with van der Waals surface area (Å²) in [7, 11) is 0. The summed E-state index contributed by atoms with van der Waals surface area (Å²) >= 11 is 0. The molecule has 0 aliphatic rings. The number of aliphatic hydroxyl groups is 1. The zero-order chi connectivity index (χ0) is 22.3. The van der Waals surface area contributed by atoms with Gasteiger partial charge in [-0.15, -0.1) is 0 Å². The van der Waals surface area contributed by atoms with E-state index in [4.69, 9.17) is 14.2 Å². The van der Waals surface area contributed by atoms with Crippen LogP contribution in [0.4, 0.5) is 0 Å². The monoisotopic (exact) mass is 416 g/mol. The van der Waals surface area contributed by atoms with Gasteiger partial charge in [-0.05, 0) is 63.4 Å². The molecular formula is C24H32O6. The molecule has 0 amide bonds. The standard InChI is InChI=1S/C24H32O6/c1-15(2)30-22(24(26)27)12-19-7-6-8-21(11-19)28-13-20(25)14-29-23-17(4)9-16(3)10-18(23)5/h6-11,15,20,22,25H,12-14H2,1-5H3,(H,26,27)/t20-,22-/m0/s1. The number of rotatable bonds is 11. The Kier molecular flexibility index (Phi) is 8.69. The maximum absolute atomic E-state index is 11.4. The average molecular weight is 417 g/mol. The van der Waals surface area contributed by atoms with Crippen LogP contribution >= 0.6 is 0 Å². The molecule has 0 radical (unpaired) electrons. The van der Waals surface area contributed by atoms with Crippen LogP contribution in [0.25, 0.3) is 0 Å². The fraction of sp³-hybridized carbons (Fsp3) is 0.458. The third-order valence-corrected chi connectivity index (χ3v) is 4.50. The molecule has 0 bridgehead atoms. The Morgan fingerprint density at radius 3 is 2.23 bits per heavy atom. The predicted molar refractivity (Wildman–Crippen MR) is 115 cm³/mol. The van der Waals surface area contributed by atoms with Crippen LogP contribution in [-0.4, -0.2) is 47.7 Å². The zero-order valence-corrected chi connectivity index (χ0v) is 18.3. The first-order valence-corrected chi connectivity index (χ1v) is 10.1. The first-order chi connectivity index (χ1) is 14.2. The van der Waals surface area contributed by atoms with Crippen molar-refractivity contribution in [2.24, 2.45) is 0 Å². The van der Waals surface area contributed by atoms with Gasteiger partial charge < -0.3 is 24.4 Å². The molecule has 2 N–H and O–H groups in total. The van der Waals surface area contributed by atoms with Crippen LogP contribution < -0.4 is 9.47 Å². The van der Waals surface area contributed by atoms with Crippen molar-refractivity contribution in [3.8, 4) is 11.5 Å². The summed E-state index contributed by atoms with van der Waals surface area (Å²) in [6.45, 7) is 9.80. The molecule has 0 heterocycles. The normalized spacial score (nSPS) is 13.2. The van der Waals surface area contributed by atoms with Crippen LogP contribution in [0, 0.1) is 20.8 Å². The van der Waals surface area contributed by atoms with E-state index >= 15 is 0 Å². The molecule has 0 saturated carbocycles. The van der Waals surface area contributed by atoms with Crippen LogP contribution in [0.15, 0.2) is 36.4 Å². The highest BCUT2D eigenvalue weighted by Gasteiger charge is 2.20. The summed E-state index contributed by atoms with van der Waals surface area (Å²) < 4.78 is 16.9. The topological polar surface area (TPSA) is 85.2 Å². The molecule has 2 aromatic carbocycles. The van der Waals surface area contributed by atoms with E-state index in [0.717, 1.165) is 22.4 Å². The number of carbonyl (C=O) groups is 1. The molecule has 0 aromatic heterocycles. The van der Waals surface area contributed by atoms with Crippen molar-refractivity contribution in [3.63, 3.8) is 0 Å². The van der Waals surface area contributed by atoms with Gasteiger partial charge in [0, 0.05) is 6.42 Å². The predicted octanol–water partition coefficient (Wildman–Crippen LogP) is 3.85. The van der Waals surface area contributed by atoms with Crippen molar-refractivity contribution in [1.82, 2.24) is 0 Å². The Balaban J connectivity index is 1.90. The number of hydrogen-bond donors (Lipinski definition) is 2. The Labute approximate surface area is 178 Å². The van der Waals surface area contributed by atoms with E-state index in [9.17, 15) is 15.0 Å². The average Bonchev–Trinajstić information content (AvgIpc) is 2.65. The highest BCUT2D eigenvalue weighted by Crippen LogP contribution is 2.24. The minimum Gasteiger partial charge on any atom is -0.491 e. The second-order valence-corrected chi connectivity index (χ2v) is 7.87. The van der Waals surface area contributed by atoms with Gasteiger partial charge in [0.2, 0.25) is 0 Å². The summed E-state index contributed by atoms with van der Waals surface area (Å²) in [4.78, 5) is 11.4. The van der Waals surface area contributed by atoms with Crippen molar-refractivity contribution < 1.29 is 29.2 Å². The van der Waals surface area contributed by atoms with Gasteiger partial charge in [-0.2, -0.15) is 0 Å². The molecule has 0 unspecified atom stereocenters. The minimum atomic E-state index is -0.996. The lowest BCUT2D eigenvalue weighted by atomic mass is 10.1. The molecule has 0 fully saturated rings. The van der Waals surface area contributed by atoms with Crippen molar-refractivity contribution in [2.45, 2.75) is 59.4 Å². The van der Waals surface area contributed by atoms with E-state index in [1.807, 2.05) is 39.0 Å². The van der Waals surface area contributed by atoms with Crippen LogP contribution in [0.3, 0.4) is 0 Å². The molecule has 6 heteroatoms. The van der Waals surface area contributed by atoms with Crippen LogP contribution in [-0.2, 0) is 16.0 Å². The number of benzene rings is 2. The Bertz CT molecular complexity index is 822. The molecule has 6 nitrogen and oxygen atoms in total. The number of carboxylic acids is 1. The maximum Gasteiger partial charge on any atom is 0.333 e. The van der Waals surface area contributed by atoms with E-state index in [0.29, 0.717) is 5.75 Å². The number of aryl methyl sites for hydroxylation is 3. The Hall–Kier alpha value is -2.57. The van der Waals surface area contributed by atoms with Crippen molar-refractivity contribution in [1.29, 1.82) is 0 Å².